The first-order chi connectivity index (χ1) is 18.1. The topological polar surface area (TPSA) is 91.1 Å². The molecule has 4 aromatic rings. The van der Waals surface area contributed by atoms with Crippen molar-refractivity contribution in [2.75, 3.05) is 18.1 Å². The van der Waals surface area contributed by atoms with Crippen molar-refractivity contribution in [2.24, 2.45) is 0 Å². The van der Waals surface area contributed by atoms with E-state index in [0.717, 1.165) is 6.20 Å². The first-order valence-electron chi connectivity index (χ1n) is 12.2. The minimum atomic E-state index is -0.819. The van der Waals surface area contributed by atoms with Gasteiger partial charge in [0.1, 0.15) is 29.3 Å². The number of fused-ring (bicyclic) bond motifs is 3. The van der Waals surface area contributed by atoms with Crippen molar-refractivity contribution < 1.29 is 27.8 Å². The van der Waals surface area contributed by atoms with E-state index in [1.807, 2.05) is 0 Å². The summed E-state index contributed by atoms with van der Waals surface area (Å²) in [4.78, 5) is 19.3. The number of anilines is 1. The smallest absolute Gasteiger partial charge is 0.416 e. The van der Waals surface area contributed by atoms with Gasteiger partial charge >= 0.3 is 6.09 Å². The van der Waals surface area contributed by atoms with Crippen molar-refractivity contribution in [3.8, 4) is 22.8 Å². The molecule has 3 aromatic heterocycles. The van der Waals surface area contributed by atoms with Crippen molar-refractivity contribution in [1.29, 1.82) is 0 Å². The zero-order chi connectivity index (χ0) is 26.8. The van der Waals surface area contributed by atoms with Gasteiger partial charge in [-0.05, 0) is 57.5 Å². The molecule has 38 heavy (non-hydrogen) atoms. The van der Waals surface area contributed by atoms with Crippen molar-refractivity contribution in [2.45, 2.75) is 45.8 Å². The Balaban J connectivity index is 1.61. The number of hydrogen-bond donors (Lipinski definition) is 0. The summed E-state index contributed by atoms with van der Waals surface area (Å²) >= 11 is 0. The van der Waals surface area contributed by atoms with Gasteiger partial charge in [0.05, 0.1) is 37.6 Å². The van der Waals surface area contributed by atoms with Crippen LogP contribution in [0.2, 0.25) is 0 Å². The summed E-state index contributed by atoms with van der Waals surface area (Å²) in [6.45, 7) is 7.35. The lowest BCUT2D eigenvalue weighted by molar-refractivity contribution is 0.0574. The van der Waals surface area contributed by atoms with Crippen LogP contribution in [0.1, 0.15) is 43.4 Å². The molecule has 11 heteroatoms. The summed E-state index contributed by atoms with van der Waals surface area (Å²) < 4.78 is 48.6. The molecule has 2 aliphatic rings. The Morgan fingerprint density at radius 2 is 1.89 bits per heavy atom. The number of carbonyl (C=O) groups is 1. The van der Waals surface area contributed by atoms with E-state index in [2.05, 4.69) is 15.2 Å². The number of hydrogen-bond acceptors (Lipinski definition) is 7. The van der Waals surface area contributed by atoms with Crippen LogP contribution >= 0.6 is 0 Å². The highest BCUT2D eigenvalue weighted by Crippen LogP contribution is 2.44. The second kappa shape index (κ2) is 8.64. The number of aromatic nitrogens is 4. The summed E-state index contributed by atoms with van der Waals surface area (Å²) in [5.74, 6) is -0.0279. The average Bonchev–Trinajstić information content (AvgIpc) is 3.49. The molecule has 0 spiro atoms. The standard InChI is InChI=1S/C27H25F2N5O4/c1-14-7-16(28)9-30-23(14)17-8-21-25(34-13-31-32-24(17)34)33(26(35)38-27(2,3)4)10-18-19(29)5-6-20-22(18)15(11-36-20)12-37-21/h5-9,13,15H,10-12H2,1-4H3. The van der Waals surface area contributed by atoms with Gasteiger partial charge in [0.2, 0.25) is 0 Å². The lowest BCUT2D eigenvalue weighted by Crippen LogP contribution is -2.38. The van der Waals surface area contributed by atoms with Crippen molar-refractivity contribution in [1.82, 2.24) is 19.6 Å². The summed E-state index contributed by atoms with van der Waals surface area (Å²) in [5.41, 5.74) is 2.15. The highest BCUT2D eigenvalue weighted by Gasteiger charge is 2.37. The van der Waals surface area contributed by atoms with Crippen LogP contribution in [-0.2, 0) is 11.3 Å². The van der Waals surface area contributed by atoms with Crippen molar-refractivity contribution in [3.05, 3.63) is 65.1 Å². The quantitative estimate of drug-likeness (QED) is 0.341. The van der Waals surface area contributed by atoms with Gasteiger partial charge in [-0.25, -0.2) is 13.6 Å². The molecule has 1 amide bonds. The lowest BCUT2D eigenvalue weighted by atomic mass is 9.95. The van der Waals surface area contributed by atoms with E-state index in [1.165, 1.54) is 23.4 Å². The molecule has 196 valence electrons. The maximum absolute atomic E-state index is 15.3. The largest absolute Gasteiger partial charge is 0.493 e. The summed E-state index contributed by atoms with van der Waals surface area (Å²) in [6.07, 6.45) is 1.87. The van der Waals surface area contributed by atoms with E-state index in [9.17, 15) is 9.18 Å². The van der Waals surface area contributed by atoms with Gasteiger partial charge in [0.25, 0.3) is 0 Å². The first kappa shape index (κ1) is 24.1. The van der Waals surface area contributed by atoms with Crippen LogP contribution in [0.25, 0.3) is 16.9 Å². The maximum Gasteiger partial charge on any atom is 0.416 e. The van der Waals surface area contributed by atoms with Crippen LogP contribution in [0.3, 0.4) is 0 Å². The number of benzene rings is 1. The molecule has 0 aliphatic carbocycles. The number of rotatable bonds is 1. The van der Waals surface area contributed by atoms with E-state index in [-0.39, 0.29) is 24.9 Å². The summed E-state index contributed by atoms with van der Waals surface area (Å²) in [7, 11) is 0. The fourth-order valence-electron chi connectivity index (χ4n) is 4.97. The number of nitrogens with zero attached hydrogens (tertiary/aromatic N) is 5. The number of halogens is 2. The second-order valence-electron chi connectivity index (χ2n) is 10.4. The van der Waals surface area contributed by atoms with Crippen LogP contribution in [0.15, 0.2) is 36.8 Å². The monoisotopic (exact) mass is 521 g/mol. The lowest BCUT2D eigenvalue weighted by Gasteiger charge is -2.29. The predicted octanol–water partition coefficient (Wildman–Crippen LogP) is 5.19. The number of amides is 1. The normalized spacial score (nSPS) is 16.6. The van der Waals surface area contributed by atoms with E-state index < -0.39 is 23.3 Å². The minimum absolute atomic E-state index is 0.138. The fraction of sp³-hybridized carbons (Fsp3) is 0.333. The second-order valence-corrected chi connectivity index (χ2v) is 10.4. The SMILES string of the molecule is Cc1cc(F)cnc1-c1cc2c(n3cnnc13)N(C(=O)OC(C)(C)C)Cc1c(F)ccc3c1C(CO3)CO2. The molecule has 9 nitrogen and oxygen atoms in total. The van der Waals surface area contributed by atoms with Gasteiger partial charge in [0.15, 0.2) is 17.2 Å². The molecular formula is C27H25F2N5O4. The molecule has 0 saturated heterocycles. The maximum atomic E-state index is 15.3. The molecule has 0 radical (unpaired) electrons. The fourth-order valence-corrected chi connectivity index (χ4v) is 4.97. The highest BCUT2D eigenvalue weighted by atomic mass is 19.1. The third kappa shape index (κ3) is 3.98. The molecule has 0 saturated carbocycles. The first-order valence-corrected chi connectivity index (χ1v) is 12.2. The highest BCUT2D eigenvalue weighted by molar-refractivity contribution is 5.92. The Morgan fingerprint density at radius 1 is 1.13 bits per heavy atom. The number of aryl methyl sites for hydroxylation is 1. The number of carbonyl (C=O) groups excluding carboxylic acids is 1. The van der Waals surface area contributed by atoms with E-state index >= 15 is 4.39 Å². The van der Waals surface area contributed by atoms with Crippen LogP contribution in [0, 0.1) is 18.6 Å². The van der Waals surface area contributed by atoms with Crippen LogP contribution in [0.5, 0.6) is 11.5 Å². The van der Waals surface area contributed by atoms with E-state index in [1.54, 1.807) is 44.2 Å². The van der Waals surface area contributed by atoms with E-state index in [0.29, 0.717) is 51.7 Å². The van der Waals surface area contributed by atoms with Crippen molar-refractivity contribution >= 4 is 17.6 Å². The van der Waals surface area contributed by atoms with Crippen LogP contribution < -0.4 is 14.4 Å². The predicted molar refractivity (Wildman–Crippen MR) is 133 cm³/mol. The molecule has 0 N–H and O–H groups in total. The summed E-state index contributed by atoms with van der Waals surface area (Å²) in [5, 5.41) is 8.34. The van der Waals surface area contributed by atoms with Gasteiger partial charge in [-0.3, -0.25) is 14.3 Å². The molecule has 0 fully saturated rings. The van der Waals surface area contributed by atoms with Crippen LogP contribution in [-0.4, -0.2) is 44.5 Å². The minimum Gasteiger partial charge on any atom is -0.493 e. The number of ether oxygens (including phenoxy) is 3. The Bertz CT molecular complexity index is 1600. The van der Waals surface area contributed by atoms with E-state index in [4.69, 9.17) is 14.2 Å². The van der Waals surface area contributed by atoms with Gasteiger partial charge in [-0.15, -0.1) is 10.2 Å². The molecule has 2 aliphatic heterocycles. The molecule has 1 unspecified atom stereocenters. The zero-order valence-corrected chi connectivity index (χ0v) is 21.3. The number of pyridine rings is 2. The molecular weight excluding hydrogens is 496 g/mol. The van der Waals surface area contributed by atoms with Gasteiger partial charge < -0.3 is 14.2 Å². The third-order valence-corrected chi connectivity index (χ3v) is 6.55. The molecule has 5 heterocycles. The molecule has 1 atom stereocenters. The van der Waals surface area contributed by atoms with Crippen LogP contribution in [0.4, 0.5) is 19.4 Å². The Hall–Kier alpha value is -4.28. The van der Waals surface area contributed by atoms with Gasteiger partial charge in [-0.2, -0.15) is 0 Å². The summed E-state index contributed by atoms with van der Waals surface area (Å²) in [6, 6.07) is 6.01. The Labute approximate surface area is 217 Å². The zero-order valence-electron chi connectivity index (χ0n) is 21.3. The molecule has 0 bridgehead atoms. The van der Waals surface area contributed by atoms with Gasteiger partial charge in [-0.1, -0.05) is 0 Å². The molecule has 1 aromatic carbocycles. The average molecular weight is 522 g/mol. The van der Waals surface area contributed by atoms with Crippen molar-refractivity contribution in [3.63, 3.8) is 0 Å². The Kier molecular flexibility index (Phi) is 5.48. The van der Waals surface area contributed by atoms with Gasteiger partial charge in [0, 0.05) is 16.7 Å². The third-order valence-electron chi connectivity index (χ3n) is 6.55. The Morgan fingerprint density at radius 3 is 2.63 bits per heavy atom. The molecule has 6 rings (SSSR count).